The van der Waals surface area contributed by atoms with Crippen molar-refractivity contribution in [2.24, 2.45) is 5.92 Å². The minimum absolute atomic E-state index is 0.809. The fraction of sp³-hybridized carbons (Fsp3) is 0.520. The molecular formula is C25H33NO. The van der Waals surface area contributed by atoms with Crippen molar-refractivity contribution >= 4 is 0 Å². The summed E-state index contributed by atoms with van der Waals surface area (Å²) < 4.78 is 6.20. The highest BCUT2D eigenvalue weighted by molar-refractivity contribution is 5.74. The zero-order valence-electron chi connectivity index (χ0n) is 17.0. The standard InChI is InChI=1S/C25H33NO/c1-19-13-16-26(17-14-19)15-6-18-27-25-12-5-9-22(20(25)2)24-11-4-8-21-7-3-10-23(21)24/h4-5,8-9,11-12,19H,3,6-7,10,13-18H2,1-2H3. The third-order valence-corrected chi connectivity index (χ3v) is 6.47. The topological polar surface area (TPSA) is 12.5 Å². The molecule has 1 aliphatic heterocycles. The number of piperidine rings is 1. The van der Waals surface area contributed by atoms with Crippen LogP contribution in [0.5, 0.6) is 5.75 Å². The average Bonchev–Trinajstić information content (AvgIpc) is 3.17. The van der Waals surface area contributed by atoms with Gasteiger partial charge in [-0.15, -0.1) is 0 Å². The van der Waals surface area contributed by atoms with Crippen LogP contribution in [-0.4, -0.2) is 31.1 Å². The van der Waals surface area contributed by atoms with Gasteiger partial charge >= 0.3 is 0 Å². The average molecular weight is 364 g/mol. The highest BCUT2D eigenvalue weighted by Crippen LogP contribution is 2.36. The van der Waals surface area contributed by atoms with Crippen LogP contribution in [0, 0.1) is 12.8 Å². The van der Waals surface area contributed by atoms with Crippen LogP contribution >= 0.6 is 0 Å². The zero-order chi connectivity index (χ0) is 18.6. The summed E-state index contributed by atoms with van der Waals surface area (Å²) in [4.78, 5) is 2.60. The monoisotopic (exact) mass is 363 g/mol. The van der Waals surface area contributed by atoms with Gasteiger partial charge in [-0.1, -0.05) is 37.3 Å². The van der Waals surface area contributed by atoms with Crippen molar-refractivity contribution in [1.82, 2.24) is 4.90 Å². The maximum atomic E-state index is 6.20. The number of ether oxygens (including phenoxy) is 1. The summed E-state index contributed by atoms with van der Waals surface area (Å²) in [6.45, 7) is 9.08. The predicted molar refractivity (Wildman–Crippen MR) is 114 cm³/mol. The molecule has 0 saturated carbocycles. The third-order valence-electron chi connectivity index (χ3n) is 6.47. The molecule has 0 amide bonds. The first-order valence-electron chi connectivity index (χ1n) is 10.8. The van der Waals surface area contributed by atoms with Gasteiger partial charge in [-0.2, -0.15) is 0 Å². The lowest BCUT2D eigenvalue weighted by Crippen LogP contribution is -2.34. The molecule has 1 fully saturated rings. The molecular weight excluding hydrogens is 330 g/mol. The fourth-order valence-electron chi connectivity index (χ4n) is 4.69. The molecule has 0 spiro atoms. The normalized spacial score (nSPS) is 17.9. The van der Waals surface area contributed by atoms with Crippen LogP contribution in [0.15, 0.2) is 36.4 Å². The molecule has 27 heavy (non-hydrogen) atoms. The van der Waals surface area contributed by atoms with E-state index in [1.54, 1.807) is 5.56 Å². The summed E-state index contributed by atoms with van der Waals surface area (Å²) in [7, 11) is 0. The molecule has 2 aromatic rings. The molecule has 2 heteroatoms. The summed E-state index contributed by atoms with van der Waals surface area (Å²) in [5.74, 6) is 1.96. The van der Waals surface area contributed by atoms with E-state index >= 15 is 0 Å². The molecule has 0 N–H and O–H groups in total. The lowest BCUT2D eigenvalue weighted by Gasteiger charge is -2.30. The number of hydrogen-bond donors (Lipinski definition) is 0. The molecule has 1 heterocycles. The largest absolute Gasteiger partial charge is 0.493 e. The van der Waals surface area contributed by atoms with Crippen LogP contribution < -0.4 is 4.74 Å². The zero-order valence-corrected chi connectivity index (χ0v) is 17.0. The summed E-state index contributed by atoms with van der Waals surface area (Å²) in [5, 5.41) is 0. The van der Waals surface area contributed by atoms with Gasteiger partial charge in [-0.25, -0.2) is 0 Å². The Bertz CT molecular complexity index is 774. The number of aryl methyl sites for hydroxylation is 1. The van der Waals surface area contributed by atoms with E-state index in [0.717, 1.165) is 31.2 Å². The van der Waals surface area contributed by atoms with E-state index in [1.165, 1.54) is 67.4 Å². The van der Waals surface area contributed by atoms with Gasteiger partial charge in [0, 0.05) is 6.54 Å². The second-order valence-electron chi connectivity index (χ2n) is 8.45. The van der Waals surface area contributed by atoms with Crippen LogP contribution in [0.3, 0.4) is 0 Å². The Morgan fingerprint density at radius 2 is 1.78 bits per heavy atom. The molecule has 2 aromatic carbocycles. The van der Waals surface area contributed by atoms with Crippen molar-refractivity contribution in [1.29, 1.82) is 0 Å². The quantitative estimate of drug-likeness (QED) is 0.615. The van der Waals surface area contributed by atoms with Crippen LogP contribution in [-0.2, 0) is 12.8 Å². The lowest BCUT2D eigenvalue weighted by molar-refractivity contribution is 0.177. The molecule has 0 bridgehead atoms. The van der Waals surface area contributed by atoms with Crippen molar-refractivity contribution in [3.05, 3.63) is 53.1 Å². The Labute approximate surface area is 164 Å². The summed E-state index contributed by atoms with van der Waals surface area (Å²) in [6, 6.07) is 13.3. The molecule has 0 aromatic heterocycles. The van der Waals surface area contributed by atoms with Gasteiger partial charge in [0.05, 0.1) is 6.61 Å². The second kappa shape index (κ2) is 8.48. The Kier molecular flexibility index (Phi) is 5.83. The van der Waals surface area contributed by atoms with Crippen molar-refractivity contribution in [2.45, 2.75) is 52.4 Å². The minimum atomic E-state index is 0.809. The van der Waals surface area contributed by atoms with Gasteiger partial charge in [0.2, 0.25) is 0 Å². The lowest BCUT2D eigenvalue weighted by atomic mass is 9.93. The maximum absolute atomic E-state index is 6.20. The highest BCUT2D eigenvalue weighted by Gasteiger charge is 2.18. The molecule has 1 aliphatic carbocycles. The van der Waals surface area contributed by atoms with Crippen molar-refractivity contribution in [3.63, 3.8) is 0 Å². The number of hydrogen-bond acceptors (Lipinski definition) is 2. The van der Waals surface area contributed by atoms with E-state index in [9.17, 15) is 0 Å². The summed E-state index contributed by atoms with van der Waals surface area (Å²) >= 11 is 0. The Balaban J connectivity index is 1.39. The Morgan fingerprint density at radius 1 is 1.00 bits per heavy atom. The third kappa shape index (κ3) is 4.21. The Hall–Kier alpha value is -1.80. The minimum Gasteiger partial charge on any atom is -0.493 e. The smallest absolute Gasteiger partial charge is 0.122 e. The second-order valence-corrected chi connectivity index (χ2v) is 8.45. The highest BCUT2D eigenvalue weighted by atomic mass is 16.5. The van der Waals surface area contributed by atoms with Crippen molar-refractivity contribution in [2.75, 3.05) is 26.2 Å². The van der Waals surface area contributed by atoms with Crippen LogP contribution in [0.25, 0.3) is 11.1 Å². The van der Waals surface area contributed by atoms with E-state index < -0.39 is 0 Å². The van der Waals surface area contributed by atoms with E-state index in [4.69, 9.17) is 4.74 Å². The van der Waals surface area contributed by atoms with Gasteiger partial charge in [0.15, 0.2) is 0 Å². The Morgan fingerprint density at radius 3 is 2.63 bits per heavy atom. The molecule has 0 radical (unpaired) electrons. The van der Waals surface area contributed by atoms with Crippen LogP contribution in [0.2, 0.25) is 0 Å². The van der Waals surface area contributed by atoms with Crippen molar-refractivity contribution < 1.29 is 4.74 Å². The van der Waals surface area contributed by atoms with Gasteiger partial charge in [0.1, 0.15) is 5.75 Å². The van der Waals surface area contributed by atoms with Crippen molar-refractivity contribution in [3.8, 4) is 16.9 Å². The molecule has 1 saturated heterocycles. The number of fused-ring (bicyclic) bond motifs is 1. The van der Waals surface area contributed by atoms with Gasteiger partial charge in [-0.05, 0) is 98.3 Å². The van der Waals surface area contributed by atoms with E-state index in [0.29, 0.717) is 0 Å². The van der Waals surface area contributed by atoms with Crippen LogP contribution in [0.4, 0.5) is 0 Å². The van der Waals surface area contributed by atoms with E-state index in [-0.39, 0.29) is 0 Å². The van der Waals surface area contributed by atoms with E-state index in [1.807, 2.05) is 0 Å². The van der Waals surface area contributed by atoms with Gasteiger partial charge < -0.3 is 9.64 Å². The summed E-state index contributed by atoms with van der Waals surface area (Å²) in [6.07, 6.45) is 7.54. The van der Waals surface area contributed by atoms with Crippen LogP contribution in [0.1, 0.15) is 49.3 Å². The molecule has 4 rings (SSSR count). The number of likely N-dealkylation sites (tertiary alicyclic amines) is 1. The number of benzene rings is 2. The summed E-state index contributed by atoms with van der Waals surface area (Å²) in [5.41, 5.74) is 7.13. The first-order chi connectivity index (χ1) is 13.2. The fourth-order valence-corrected chi connectivity index (χ4v) is 4.69. The first kappa shape index (κ1) is 18.6. The molecule has 2 aliphatic rings. The van der Waals surface area contributed by atoms with Gasteiger partial charge in [0.25, 0.3) is 0 Å². The number of nitrogens with zero attached hydrogens (tertiary/aromatic N) is 1. The van der Waals surface area contributed by atoms with E-state index in [2.05, 4.69) is 55.1 Å². The first-order valence-corrected chi connectivity index (χ1v) is 10.8. The van der Waals surface area contributed by atoms with Gasteiger partial charge in [-0.3, -0.25) is 0 Å². The maximum Gasteiger partial charge on any atom is 0.122 e. The SMILES string of the molecule is Cc1c(OCCCN2CCC(C)CC2)cccc1-c1cccc2c1CCC2. The molecule has 0 unspecified atom stereocenters. The number of rotatable bonds is 6. The molecule has 0 atom stereocenters. The molecule has 2 nitrogen and oxygen atoms in total. The predicted octanol–water partition coefficient (Wildman–Crippen LogP) is 5.65. The molecule has 144 valence electrons.